The molecule has 1 saturated carbocycles. The molecule has 1 atom stereocenters. The summed E-state index contributed by atoms with van der Waals surface area (Å²) in [5.74, 6) is 0. The highest BCUT2D eigenvalue weighted by atomic mass is 16.5. The monoisotopic (exact) mass is 186 g/mol. The van der Waals surface area contributed by atoms with Crippen molar-refractivity contribution < 1.29 is 4.74 Å². The number of hydrogen-bond donors (Lipinski definition) is 1. The van der Waals surface area contributed by atoms with Crippen molar-refractivity contribution in [2.75, 3.05) is 33.9 Å². The van der Waals surface area contributed by atoms with Crippen LogP contribution in [0.4, 0.5) is 0 Å². The molecule has 3 nitrogen and oxygen atoms in total. The lowest BCUT2D eigenvalue weighted by atomic mass is 10.1. The quantitative estimate of drug-likeness (QED) is 0.663. The largest absolute Gasteiger partial charge is 0.383 e. The van der Waals surface area contributed by atoms with Gasteiger partial charge in [-0.3, -0.25) is 0 Å². The highest BCUT2D eigenvalue weighted by Gasteiger charge is 2.42. The summed E-state index contributed by atoms with van der Waals surface area (Å²) in [6, 6.07) is 0.494. The van der Waals surface area contributed by atoms with Gasteiger partial charge in [0.25, 0.3) is 0 Å². The third-order valence-corrected chi connectivity index (χ3v) is 3.14. The number of nitrogens with two attached hydrogens (primary N) is 1. The van der Waals surface area contributed by atoms with Gasteiger partial charge in [0.1, 0.15) is 0 Å². The lowest BCUT2D eigenvalue weighted by Crippen LogP contribution is -2.39. The second-order valence-electron chi connectivity index (χ2n) is 4.42. The van der Waals surface area contributed by atoms with E-state index in [-0.39, 0.29) is 0 Å². The fourth-order valence-corrected chi connectivity index (χ4v) is 1.66. The summed E-state index contributed by atoms with van der Waals surface area (Å²) < 4.78 is 5.12. The van der Waals surface area contributed by atoms with Crippen LogP contribution in [0.15, 0.2) is 0 Å². The molecular weight excluding hydrogens is 164 g/mol. The van der Waals surface area contributed by atoms with Gasteiger partial charge in [-0.1, -0.05) is 0 Å². The Balaban J connectivity index is 2.27. The van der Waals surface area contributed by atoms with Crippen LogP contribution in [-0.2, 0) is 4.74 Å². The third kappa shape index (κ3) is 2.93. The van der Waals surface area contributed by atoms with Crippen LogP contribution in [0, 0.1) is 5.41 Å². The van der Waals surface area contributed by atoms with Crippen LogP contribution >= 0.6 is 0 Å². The normalized spacial score (nSPS) is 21.9. The van der Waals surface area contributed by atoms with Crippen LogP contribution in [0.25, 0.3) is 0 Å². The molecule has 0 bridgehead atoms. The minimum Gasteiger partial charge on any atom is -0.383 e. The van der Waals surface area contributed by atoms with E-state index in [4.69, 9.17) is 10.5 Å². The number of nitrogens with zero attached hydrogens (tertiary/aromatic N) is 1. The van der Waals surface area contributed by atoms with Gasteiger partial charge in [-0.2, -0.15) is 0 Å². The first kappa shape index (κ1) is 11.0. The van der Waals surface area contributed by atoms with Crippen molar-refractivity contribution in [2.45, 2.75) is 25.8 Å². The Hall–Kier alpha value is -0.120. The van der Waals surface area contributed by atoms with Gasteiger partial charge in [0.2, 0.25) is 0 Å². The first-order valence-corrected chi connectivity index (χ1v) is 5.03. The van der Waals surface area contributed by atoms with Crippen molar-refractivity contribution in [3.05, 3.63) is 0 Å². The van der Waals surface area contributed by atoms with E-state index in [9.17, 15) is 0 Å². The van der Waals surface area contributed by atoms with Gasteiger partial charge in [-0.15, -0.1) is 0 Å². The molecule has 78 valence electrons. The zero-order valence-electron chi connectivity index (χ0n) is 9.05. The average molecular weight is 186 g/mol. The van der Waals surface area contributed by atoms with E-state index in [0.717, 1.165) is 19.7 Å². The summed E-state index contributed by atoms with van der Waals surface area (Å²) in [6.45, 7) is 4.94. The predicted molar refractivity (Wildman–Crippen MR) is 54.7 cm³/mol. The van der Waals surface area contributed by atoms with Crippen LogP contribution in [0.1, 0.15) is 19.8 Å². The SMILES string of the molecule is COCC(C)N(C)CC1(CN)CC1. The molecule has 0 aliphatic heterocycles. The van der Waals surface area contributed by atoms with Crippen molar-refractivity contribution in [1.29, 1.82) is 0 Å². The Morgan fingerprint density at radius 2 is 2.15 bits per heavy atom. The molecule has 13 heavy (non-hydrogen) atoms. The summed E-state index contributed by atoms with van der Waals surface area (Å²) in [6.07, 6.45) is 2.60. The van der Waals surface area contributed by atoms with Crippen LogP contribution < -0.4 is 5.73 Å². The van der Waals surface area contributed by atoms with Gasteiger partial charge in [-0.05, 0) is 38.8 Å². The molecule has 1 aliphatic carbocycles. The van der Waals surface area contributed by atoms with Crippen LogP contribution in [0.5, 0.6) is 0 Å². The van der Waals surface area contributed by atoms with Crippen LogP contribution in [0.2, 0.25) is 0 Å². The van der Waals surface area contributed by atoms with E-state index in [0.29, 0.717) is 11.5 Å². The Kier molecular flexibility index (Phi) is 3.71. The van der Waals surface area contributed by atoms with Crippen molar-refractivity contribution in [3.8, 4) is 0 Å². The van der Waals surface area contributed by atoms with Gasteiger partial charge >= 0.3 is 0 Å². The maximum absolute atomic E-state index is 5.73. The fraction of sp³-hybridized carbons (Fsp3) is 1.00. The molecule has 0 aromatic heterocycles. The standard InChI is InChI=1S/C10H22N2O/c1-9(6-13-3)12(2)8-10(7-11)4-5-10/h9H,4-8,11H2,1-3H3. The summed E-state index contributed by atoms with van der Waals surface area (Å²) in [5.41, 5.74) is 6.17. The number of hydrogen-bond acceptors (Lipinski definition) is 3. The maximum atomic E-state index is 5.73. The van der Waals surface area contributed by atoms with Gasteiger partial charge in [0.15, 0.2) is 0 Å². The lowest BCUT2D eigenvalue weighted by molar-refractivity contribution is 0.103. The Bertz CT molecular complexity index is 157. The molecule has 2 N–H and O–H groups in total. The minimum absolute atomic E-state index is 0.441. The van der Waals surface area contributed by atoms with Crippen molar-refractivity contribution in [1.82, 2.24) is 4.90 Å². The number of likely N-dealkylation sites (N-methyl/N-ethyl adjacent to an activating group) is 1. The van der Waals surface area contributed by atoms with Gasteiger partial charge in [-0.25, -0.2) is 0 Å². The molecule has 0 amide bonds. The second kappa shape index (κ2) is 4.40. The molecule has 0 spiro atoms. The zero-order chi connectivity index (χ0) is 9.90. The molecule has 1 unspecified atom stereocenters. The highest BCUT2D eigenvalue weighted by molar-refractivity contribution is 4.96. The van der Waals surface area contributed by atoms with Crippen molar-refractivity contribution in [3.63, 3.8) is 0 Å². The first-order valence-electron chi connectivity index (χ1n) is 5.03. The topological polar surface area (TPSA) is 38.5 Å². The summed E-state index contributed by atoms with van der Waals surface area (Å²) in [7, 11) is 3.90. The molecule has 1 aliphatic rings. The van der Waals surface area contributed by atoms with E-state index >= 15 is 0 Å². The molecule has 0 saturated heterocycles. The maximum Gasteiger partial charge on any atom is 0.0615 e. The lowest BCUT2D eigenvalue weighted by Gasteiger charge is -2.28. The number of methoxy groups -OCH3 is 1. The third-order valence-electron chi connectivity index (χ3n) is 3.14. The summed E-state index contributed by atoms with van der Waals surface area (Å²) in [4.78, 5) is 2.35. The Labute approximate surface area is 81.2 Å². The average Bonchev–Trinajstić information content (AvgIpc) is 2.86. The highest BCUT2D eigenvalue weighted by Crippen LogP contribution is 2.45. The summed E-state index contributed by atoms with van der Waals surface area (Å²) >= 11 is 0. The Morgan fingerprint density at radius 1 is 1.54 bits per heavy atom. The van der Waals surface area contributed by atoms with Gasteiger partial charge in [0, 0.05) is 19.7 Å². The summed E-state index contributed by atoms with van der Waals surface area (Å²) in [5, 5.41) is 0. The molecule has 0 heterocycles. The van der Waals surface area contributed by atoms with E-state index in [1.807, 2.05) is 0 Å². The smallest absolute Gasteiger partial charge is 0.0615 e. The van der Waals surface area contributed by atoms with Crippen LogP contribution in [0.3, 0.4) is 0 Å². The molecule has 1 fully saturated rings. The van der Waals surface area contributed by atoms with Gasteiger partial charge < -0.3 is 15.4 Å². The molecule has 1 rings (SSSR count). The van der Waals surface area contributed by atoms with Crippen LogP contribution in [-0.4, -0.2) is 44.8 Å². The second-order valence-corrected chi connectivity index (χ2v) is 4.42. The fourth-order valence-electron chi connectivity index (χ4n) is 1.66. The Morgan fingerprint density at radius 3 is 2.54 bits per heavy atom. The van der Waals surface area contributed by atoms with E-state index in [1.54, 1.807) is 7.11 Å². The van der Waals surface area contributed by atoms with Crippen molar-refractivity contribution >= 4 is 0 Å². The first-order chi connectivity index (χ1) is 6.13. The van der Waals surface area contributed by atoms with Gasteiger partial charge in [0.05, 0.1) is 6.61 Å². The molecule has 0 radical (unpaired) electrons. The molecule has 0 aromatic rings. The van der Waals surface area contributed by atoms with E-state index in [2.05, 4.69) is 18.9 Å². The molecule has 0 aromatic carbocycles. The van der Waals surface area contributed by atoms with E-state index < -0.39 is 0 Å². The predicted octanol–water partition coefficient (Wildman–Crippen LogP) is 0.692. The molecular formula is C10H22N2O. The zero-order valence-corrected chi connectivity index (χ0v) is 9.05. The van der Waals surface area contributed by atoms with E-state index in [1.165, 1.54) is 12.8 Å². The number of ether oxygens (including phenoxy) is 1. The molecule has 3 heteroatoms. The van der Waals surface area contributed by atoms with Crippen molar-refractivity contribution in [2.24, 2.45) is 11.1 Å². The minimum atomic E-state index is 0.441. The number of rotatable bonds is 6.